The van der Waals surface area contributed by atoms with Crippen molar-refractivity contribution in [2.24, 2.45) is 0 Å². The molecule has 2 aromatic rings. The van der Waals surface area contributed by atoms with E-state index in [0.29, 0.717) is 10.0 Å². The fourth-order valence-corrected chi connectivity index (χ4v) is 3.03. The van der Waals surface area contributed by atoms with Crippen LogP contribution in [0.4, 0.5) is 5.88 Å². The van der Waals surface area contributed by atoms with E-state index >= 15 is 0 Å². The molecule has 1 aliphatic rings. The van der Waals surface area contributed by atoms with E-state index in [-0.39, 0.29) is 11.8 Å². The number of halogens is 2. The Kier molecular flexibility index (Phi) is 3.87. The van der Waals surface area contributed by atoms with Crippen LogP contribution in [-0.4, -0.2) is 18.4 Å². The molecule has 2 heterocycles. The van der Waals surface area contributed by atoms with Crippen LogP contribution in [0.5, 0.6) is 0 Å². The second-order valence-electron chi connectivity index (χ2n) is 4.82. The molecule has 1 aromatic heterocycles. The Morgan fingerprint density at radius 1 is 1.20 bits per heavy atom. The maximum Gasteiger partial charge on any atom is 0.230 e. The van der Waals surface area contributed by atoms with Gasteiger partial charge in [0.25, 0.3) is 0 Å². The van der Waals surface area contributed by atoms with Gasteiger partial charge in [-0.3, -0.25) is 0 Å². The van der Waals surface area contributed by atoms with Crippen LogP contribution in [0.25, 0.3) is 11.1 Å². The Morgan fingerprint density at radius 2 is 1.95 bits per heavy atom. The van der Waals surface area contributed by atoms with Gasteiger partial charge in [-0.1, -0.05) is 34.4 Å². The van der Waals surface area contributed by atoms with Crippen LogP contribution in [0, 0.1) is 0 Å². The first kappa shape index (κ1) is 13.7. The van der Waals surface area contributed by atoms with Crippen molar-refractivity contribution in [3.63, 3.8) is 0 Å². The topological polar surface area (TPSA) is 61.3 Å². The average molecular weight is 313 g/mol. The van der Waals surface area contributed by atoms with Gasteiger partial charge in [0.2, 0.25) is 5.88 Å². The lowest BCUT2D eigenvalue weighted by atomic mass is 9.91. The number of benzene rings is 1. The molecule has 2 N–H and O–H groups in total. The van der Waals surface area contributed by atoms with Crippen LogP contribution in [0.2, 0.25) is 10.0 Å². The lowest BCUT2D eigenvalue weighted by Crippen LogP contribution is -2.15. The standard InChI is InChI=1S/C14H14Cl2N2O2/c15-9-1-2-10(11(16)7-9)12-13(18-20-14(12)17)8-3-5-19-6-4-8/h1-2,7-8H,3-6,17H2. The summed E-state index contributed by atoms with van der Waals surface area (Å²) in [6, 6.07) is 5.32. The smallest absolute Gasteiger partial charge is 0.230 e. The molecular formula is C14H14Cl2N2O2. The molecule has 1 aromatic carbocycles. The molecule has 106 valence electrons. The van der Waals surface area contributed by atoms with Gasteiger partial charge in [0.05, 0.1) is 16.3 Å². The maximum absolute atomic E-state index is 6.27. The van der Waals surface area contributed by atoms with Crippen LogP contribution in [0.3, 0.4) is 0 Å². The number of nitrogens with two attached hydrogens (primary N) is 1. The van der Waals surface area contributed by atoms with E-state index < -0.39 is 0 Å². The number of hydrogen-bond donors (Lipinski definition) is 1. The Bertz CT molecular complexity index is 622. The van der Waals surface area contributed by atoms with Crippen LogP contribution >= 0.6 is 23.2 Å². The second kappa shape index (κ2) is 5.64. The van der Waals surface area contributed by atoms with E-state index in [4.69, 9.17) is 38.2 Å². The molecule has 1 saturated heterocycles. The highest BCUT2D eigenvalue weighted by molar-refractivity contribution is 6.36. The number of nitrogen functional groups attached to an aromatic ring is 1. The average Bonchev–Trinajstić information content (AvgIpc) is 2.82. The molecule has 0 amide bonds. The Labute approximate surface area is 126 Å². The highest BCUT2D eigenvalue weighted by atomic mass is 35.5. The van der Waals surface area contributed by atoms with E-state index in [9.17, 15) is 0 Å². The van der Waals surface area contributed by atoms with Gasteiger partial charge >= 0.3 is 0 Å². The van der Waals surface area contributed by atoms with Gasteiger partial charge in [0.15, 0.2) is 0 Å². The van der Waals surface area contributed by atoms with Crippen molar-refractivity contribution in [1.29, 1.82) is 0 Å². The third-order valence-electron chi connectivity index (χ3n) is 3.55. The second-order valence-corrected chi connectivity index (χ2v) is 5.66. The molecule has 0 radical (unpaired) electrons. The van der Waals surface area contributed by atoms with E-state index in [1.807, 2.05) is 6.07 Å². The Hall–Kier alpha value is -1.23. The molecule has 20 heavy (non-hydrogen) atoms. The van der Waals surface area contributed by atoms with Crippen molar-refractivity contribution in [3.8, 4) is 11.1 Å². The summed E-state index contributed by atoms with van der Waals surface area (Å²) in [6.45, 7) is 1.45. The molecule has 0 bridgehead atoms. The van der Waals surface area contributed by atoms with Crippen molar-refractivity contribution in [2.45, 2.75) is 18.8 Å². The van der Waals surface area contributed by atoms with Crippen molar-refractivity contribution in [2.75, 3.05) is 18.9 Å². The molecule has 1 fully saturated rings. The van der Waals surface area contributed by atoms with E-state index in [2.05, 4.69) is 5.16 Å². The number of rotatable bonds is 2. The summed E-state index contributed by atoms with van der Waals surface area (Å²) in [4.78, 5) is 0. The molecule has 3 rings (SSSR count). The van der Waals surface area contributed by atoms with Gasteiger partial charge in [-0.2, -0.15) is 0 Å². The Balaban J connectivity index is 2.06. The lowest BCUT2D eigenvalue weighted by Gasteiger charge is -2.21. The quantitative estimate of drug-likeness (QED) is 0.906. The normalized spacial score (nSPS) is 16.5. The van der Waals surface area contributed by atoms with Gasteiger partial charge in [0.1, 0.15) is 0 Å². The van der Waals surface area contributed by atoms with E-state index in [0.717, 1.165) is 42.9 Å². The molecular weight excluding hydrogens is 299 g/mol. The zero-order valence-electron chi connectivity index (χ0n) is 10.7. The first-order valence-electron chi connectivity index (χ1n) is 6.45. The molecule has 0 saturated carbocycles. The molecule has 0 unspecified atom stereocenters. The SMILES string of the molecule is Nc1onc(C2CCOCC2)c1-c1ccc(Cl)cc1Cl. The van der Waals surface area contributed by atoms with Gasteiger partial charge < -0.3 is 15.0 Å². The van der Waals surface area contributed by atoms with Gasteiger partial charge in [-0.25, -0.2) is 0 Å². The number of aromatic nitrogens is 1. The van der Waals surface area contributed by atoms with E-state index in [1.165, 1.54) is 0 Å². The number of anilines is 1. The molecule has 4 nitrogen and oxygen atoms in total. The molecule has 0 spiro atoms. The molecule has 0 atom stereocenters. The Morgan fingerprint density at radius 3 is 2.65 bits per heavy atom. The van der Waals surface area contributed by atoms with Crippen LogP contribution in [0.15, 0.2) is 22.7 Å². The lowest BCUT2D eigenvalue weighted by molar-refractivity contribution is 0.0839. The zero-order chi connectivity index (χ0) is 14.1. The van der Waals surface area contributed by atoms with E-state index in [1.54, 1.807) is 12.1 Å². The summed E-state index contributed by atoms with van der Waals surface area (Å²) in [6.07, 6.45) is 1.81. The van der Waals surface area contributed by atoms with Crippen LogP contribution in [0.1, 0.15) is 24.5 Å². The number of hydrogen-bond acceptors (Lipinski definition) is 4. The summed E-state index contributed by atoms with van der Waals surface area (Å²) in [7, 11) is 0. The first-order valence-corrected chi connectivity index (χ1v) is 7.20. The first-order chi connectivity index (χ1) is 9.66. The van der Waals surface area contributed by atoms with Crippen LogP contribution in [-0.2, 0) is 4.74 Å². The molecule has 6 heteroatoms. The largest absolute Gasteiger partial charge is 0.381 e. The monoisotopic (exact) mass is 312 g/mol. The predicted molar refractivity (Wildman–Crippen MR) is 79.2 cm³/mol. The molecule has 1 aliphatic heterocycles. The highest BCUT2D eigenvalue weighted by Gasteiger charge is 2.26. The van der Waals surface area contributed by atoms with Crippen molar-refractivity contribution < 1.29 is 9.26 Å². The fourth-order valence-electron chi connectivity index (χ4n) is 2.53. The summed E-state index contributed by atoms with van der Waals surface area (Å²) >= 11 is 12.2. The summed E-state index contributed by atoms with van der Waals surface area (Å²) in [5, 5.41) is 5.26. The van der Waals surface area contributed by atoms with Gasteiger partial charge in [-0.05, 0) is 25.0 Å². The molecule has 0 aliphatic carbocycles. The van der Waals surface area contributed by atoms with Gasteiger partial charge in [-0.15, -0.1) is 0 Å². The number of ether oxygens (including phenoxy) is 1. The summed E-state index contributed by atoms with van der Waals surface area (Å²) in [5.41, 5.74) is 8.37. The minimum Gasteiger partial charge on any atom is -0.381 e. The minimum absolute atomic E-state index is 0.284. The third-order valence-corrected chi connectivity index (χ3v) is 4.10. The minimum atomic E-state index is 0.284. The van der Waals surface area contributed by atoms with Gasteiger partial charge in [0, 0.05) is 29.7 Å². The van der Waals surface area contributed by atoms with Crippen molar-refractivity contribution >= 4 is 29.1 Å². The number of nitrogens with zero attached hydrogens (tertiary/aromatic N) is 1. The predicted octanol–water partition coefficient (Wildman–Crippen LogP) is 4.12. The third kappa shape index (κ3) is 2.51. The van der Waals surface area contributed by atoms with Crippen molar-refractivity contribution in [3.05, 3.63) is 33.9 Å². The summed E-state index contributed by atoms with van der Waals surface area (Å²) in [5.74, 6) is 0.572. The summed E-state index contributed by atoms with van der Waals surface area (Å²) < 4.78 is 10.6. The maximum atomic E-state index is 6.27. The highest BCUT2D eigenvalue weighted by Crippen LogP contribution is 2.41. The zero-order valence-corrected chi connectivity index (χ0v) is 12.2. The van der Waals surface area contributed by atoms with Crippen molar-refractivity contribution in [1.82, 2.24) is 5.16 Å². The fraction of sp³-hybridized carbons (Fsp3) is 0.357. The van der Waals surface area contributed by atoms with Crippen LogP contribution < -0.4 is 5.73 Å².